The molecule has 0 heterocycles. The van der Waals surface area contributed by atoms with Crippen LogP contribution in [0.5, 0.6) is 0 Å². The van der Waals surface area contributed by atoms with Crippen LogP contribution in [0.3, 0.4) is 0 Å². The first-order valence-electron chi connectivity index (χ1n) is 13.8. The second-order valence-corrected chi connectivity index (χ2v) is 13.8. The Balaban J connectivity index is 1.51. The van der Waals surface area contributed by atoms with Gasteiger partial charge in [0.2, 0.25) is 0 Å². The SMILES string of the molecule is CC(C)CCC[C@@H](C)[C@H]1CC[C@H]2[C@@H]3CC[C@H]4C(C)(C)/C(=N\O)CC[C@]4(C)[C@H]3CC[C@]12C. The predicted molar refractivity (Wildman–Crippen MR) is 131 cm³/mol. The van der Waals surface area contributed by atoms with Crippen molar-refractivity contribution < 1.29 is 5.21 Å². The molecule has 1 N–H and O–H groups in total. The van der Waals surface area contributed by atoms with Gasteiger partial charge in [-0.25, -0.2) is 0 Å². The molecule has 0 radical (unpaired) electrons. The minimum Gasteiger partial charge on any atom is -0.411 e. The normalized spacial score (nSPS) is 46.5. The van der Waals surface area contributed by atoms with E-state index in [4.69, 9.17) is 0 Å². The fourth-order valence-corrected chi connectivity index (χ4v) is 10.1. The standard InChI is InChI=1S/C29H51NO/c1-19(2)9-8-10-20(3)22-12-13-23-21-11-14-25-27(4,5)26(30-31)16-18-29(25,7)24(21)15-17-28(22,23)6/h19-25,31H,8-18H2,1-7H3/b30-26-/t20-,21+,22-,23+,24+,25+,28-,29-/m1/s1. The number of nitrogens with zero attached hydrogens (tertiary/aromatic N) is 1. The van der Waals surface area contributed by atoms with Crippen molar-refractivity contribution in [3.05, 3.63) is 0 Å². The molecule has 0 aromatic rings. The number of hydrogen-bond donors (Lipinski definition) is 1. The smallest absolute Gasteiger partial charge is 0.0630 e. The van der Waals surface area contributed by atoms with E-state index in [1.807, 2.05) is 0 Å². The lowest BCUT2D eigenvalue weighted by molar-refractivity contribution is -0.126. The summed E-state index contributed by atoms with van der Waals surface area (Å²) in [6.45, 7) is 17.4. The maximum absolute atomic E-state index is 9.65. The molecule has 4 aliphatic carbocycles. The summed E-state index contributed by atoms with van der Waals surface area (Å²) >= 11 is 0. The molecule has 178 valence electrons. The summed E-state index contributed by atoms with van der Waals surface area (Å²) in [7, 11) is 0. The van der Waals surface area contributed by atoms with Crippen LogP contribution in [0, 0.1) is 57.7 Å². The van der Waals surface area contributed by atoms with Crippen LogP contribution in [0.4, 0.5) is 0 Å². The Morgan fingerprint density at radius 2 is 1.58 bits per heavy atom. The molecule has 0 bridgehead atoms. The molecule has 31 heavy (non-hydrogen) atoms. The number of fused-ring (bicyclic) bond motifs is 5. The Hall–Kier alpha value is -0.530. The number of hydrogen-bond acceptors (Lipinski definition) is 2. The van der Waals surface area contributed by atoms with E-state index in [2.05, 4.69) is 53.6 Å². The van der Waals surface area contributed by atoms with E-state index in [9.17, 15) is 5.21 Å². The van der Waals surface area contributed by atoms with E-state index in [0.29, 0.717) is 16.7 Å². The van der Waals surface area contributed by atoms with Crippen LogP contribution < -0.4 is 0 Å². The van der Waals surface area contributed by atoms with E-state index in [1.54, 1.807) is 0 Å². The van der Waals surface area contributed by atoms with Gasteiger partial charge in [-0.3, -0.25) is 0 Å². The van der Waals surface area contributed by atoms with Crippen LogP contribution in [0.2, 0.25) is 0 Å². The third kappa shape index (κ3) is 3.71. The molecule has 0 aromatic heterocycles. The van der Waals surface area contributed by atoms with Gasteiger partial charge in [0.05, 0.1) is 5.71 Å². The van der Waals surface area contributed by atoms with Crippen molar-refractivity contribution in [2.75, 3.05) is 0 Å². The topological polar surface area (TPSA) is 32.6 Å². The molecule has 4 saturated carbocycles. The van der Waals surface area contributed by atoms with E-state index in [-0.39, 0.29) is 5.41 Å². The Bertz CT molecular complexity index is 680. The minimum absolute atomic E-state index is 0.0522. The summed E-state index contributed by atoms with van der Waals surface area (Å²) in [5, 5.41) is 13.4. The first-order valence-corrected chi connectivity index (χ1v) is 13.8. The van der Waals surface area contributed by atoms with Crippen LogP contribution in [-0.4, -0.2) is 10.9 Å². The van der Waals surface area contributed by atoms with E-state index < -0.39 is 0 Å². The van der Waals surface area contributed by atoms with Crippen molar-refractivity contribution in [2.24, 2.45) is 62.8 Å². The fourth-order valence-electron chi connectivity index (χ4n) is 10.1. The van der Waals surface area contributed by atoms with Crippen molar-refractivity contribution in [3.63, 3.8) is 0 Å². The Morgan fingerprint density at radius 3 is 2.26 bits per heavy atom. The molecular weight excluding hydrogens is 378 g/mol. The number of oxime groups is 1. The van der Waals surface area contributed by atoms with Gasteiger partial charge in [0.1, 0.15) is 0 Å². The van der Waals surface area contributed by atoms with E-state index in [1.165, 1.54) is 64.2 Å². The molecule has 0 aromatic carbocycles. The van der Waals surface area contributed by atoms with Crippen molar-refractivity contribution in [2.45, 2.75) is 119 Å². The molecule has 2 nitrogen and oxygen atoms in total. The van der Waals surface area contributed by atoms with Crippen LogP contribution in [0.25, 0.3) is 0 Å². The Kier molecular flexibility index (Phi) is 6.37. The molecule has 2 heteroatoms. The van der Waals surface area contributed by atoms with Gasteiger partial charge in [-0.05, 0) is 104 Å². The summed E-state index contributed by atoms with van der Waals surface area (Å²) < 4.78 is 0. The Morgan fingerprint density at radius 1 is 0.871 bits per heavy atom. The summed E-state index contributed by atoms with van der Waals surface area (Å²) in [6, 6.07) is 0. The largest absolute Gasteiger partial charge is 0.411 e. The highest BCUT2D eigenvalue weighted by atomic mass is 16.4. The van der Waals surface area contributed by atoms with Gasteiger partial charge in [0.25, 0.3) is 0 Å². The van der Waals surface area contributed by atoms with Crippen LogP contribution in [0.1, 0.15) is 119 Å². The molecular formula is C29H51NO. The molecule has 4 aliphatic rings. The molecule has 0 amide bonds. The summed E-state index contributed by atoms with van der Waals surface area (Å²) in [5.74, 6) is 6.16. The van der Waals surface area contributed by atoms with Crippen LogP contribution in [-0.2, 0) is 0 Å². The van der Waals surface area contributed by atoms with Crippen molar-refractivity contribution in [1.29, 1.82) is 0 Å². The first kappa shape index (κ1) is 23.6. The maximum atomic E-state index is 9.65. The van der Waals surface area contributed by atoms with Crippen molar-refractivity contribution in [3.8, 4) is 0 Å². The van der Waals surface area contributed by atoms with Crippen LogP contribution in [0.15, 0.2) is 5.16 Å². The summed E-state index contributed by atoms with van der Waals surface area (Å²) in [4.78, 5) is 0. The maximum Gasteiger partial charge on any atom is 0.0630 e. The number of rotatable bonds is 5. The molecule has 8 atom stereocenters. The third-order valence-corrected chi connectivity index (χ3v) is 11.7. The summed E-state index contributed by atoms with van der Waals surface area (Å²) in [6.07, 6.45) is 15.1. The lowest BCUT2D eigenvalue weighted by Gasteiger charge is -2.64. The third-order valence-electron chi connectivity index (χ3n) is 11.7. The second kappa shape index (κ2) is 8.35. The zero-order chi connectivity index (χ0) is 22.6. The molecule has 0 unspecified atom stereocenters. The molecule has 0 spiro atoms. The lowest BCUT2D eigenvalue weighted by Crippen LogP contribution is -2.58. The lowest BCUT2D eigenvalue weighted by atomic mass is 9.41. The highest BCUT2D eigenvalue weighted by Gasteiger charge is 2.63. The second-order valence-electron chi connectivity index (χ2n) is 13.8. The quantitative estimate of drug-likeness (QED) is 0.344. The van der Waals surface area contributed by atoms with Gasteiger partial charge in [-0.1, -0.05) is 72.9 Å². The average Bonchev–Trinajstić information content (AvgIpc) is 3.04. The predicted octanol–water partition coefficient (Wildman–Crippen LogP) is 8.57. The molecule has 0 saturated heterocycles. The monoisotopic (exact) mass is 429 g/mol. The van der Waals surface area contributed by atoms with Gasteiger partial charge in [0, 0.05) is 5.41 Å². The highest BCUT2D eigenvalue weighted by molar-refractivity contribution is 5.90. The molecule has 4 fully saturated rings. The molecule has 0 aliphatic heterocycles. The highest BCUT2D eigenvalue weighted by Crippen LogP contribution is 2.70. The summed E-state index contributed by atoms with van der Waals surface area (Å²) in [5.41, 5.74) is 2.13. The fraction of sp³-hybridized carbons (Fsp3) is 0.966. The Labute approximate surface area is 193 Å². The van der Waals surface area contributed by atoms with Gasteiger partial charge in [0.15, 0.2) is 0 Å². The van der Waals surface area contributed by atoms with E-state index >= 15 is 0 Å². The van der Waals surface area contributed by atoms with Crippen molar-refractivity contribution in [1.82, 2.24) is 0 Å². The van der Waals surface area contributed by atoms with Gasteiger partial charge < -0.3 is 5.21 Å². The van der Waals surface area contributed by atoms with E-state index in [0.717, 1.165) is 47.6 Å². The van der Waals surface area contributed by atoms with Crippen LogP contribution >= 0.6 is 0 Å². The average molecular weight is 430 g/mol. The molecule has 4 rings (SSSR count). The van der Waals surface area contributed by atoms with Gasteiger partial charge >= 0.3 is 0 Å². The minimum atomic E-state index is 0.0522. The first-order chi connectivity index (χ1) is 14.6. The zero-order valence-corrected chi connectivity index (χ0v) is 21.7. The van der Waals surface area contributed by atoms with Gasteiger partial charge in [-0.15, -0.1) is 0 Å². The van der Waals surface area contributed by atoms with Gasteiger partial charge in [-0.2, -0.15) is 0 Å². The van der Waals surface area contributed by atoms with Crippen molar-refractivity contribution >= 4 is 5.71 Å². The zero-order valence-electron chi connectivity index (χ0n) is 21.7.